The highest BCUT2D eigenvalue weighted by atomic mass is 35.5. The van der Waals surface area contributed by atoms with Gasteiger partial charge in [0.05, 0.1) is 22.3 Å². The zero-order valence-electron chi connectivity index (χ0n) is 8.40. The average molecular weight is 248 g/mol. The van der Waals surface area contributed by atoms with Crippen LogP contribution in [0.5, 0.6) is 0 Å². The van der Waals surface area contributed by atoms with Crippen molar-refractivity contribution < 1.29 is 13.2 Å². The number of benzene rings is 1. The summed E-state index contributed by atoms with van der Waals surface area (Å²) in [7, 11) is 0. The Hall–Kier alpha value is -1.34. The van der Waals surface area contributed by atoms with Gasteiger partial charge in [0.2, 0.25) is 0 Å². The largest absolute Gasteiger partial charge is 0.416 e. The average Bonchev–Trinajstić information content (AvgIpc) is 2.19. The van der Waals surface area contributed by atoms with Crippen LogP contribution < -0.4 is 5.32 Å². The standard InChI is InChI=1S/C11H9ClF3N/c1-3-7(2)16-10-6-8(11(13,14)15)4-5-9(10)12/h1,4-7,16H,2H3. The van der Waals surface area contributed by atoms with E-state index in [0.29, 0.717) is 0 Å². The Kier molecular flexibility index (Phi) is 3.71. The minimum absolute atomic E-state index is 0.182. The van der Waals surface area contributed by atoms with Crippen LogP contribution in [0.4, 0.5) is 18.9 Å². The molecule has 0 aliphatic carbocycles. The van der Waals surface area contributed by atoms with Crippen molar-refractivity contribution in [2.24, 2.45) is 0 Å². The molecule has 1 aromatic carbocycles. The van der Waals surface area contributed by atoms with Gasteiger partial charge in [0.25, 0.3) is 0 Å². The minimum Gasteiger partial charge on any atom is -0.371 e. The number of rotatable bonds is 2. The smallest absolute Gasteiger partial charge is 0.371 e. The van der Waals surface area contributed by atoms with Gasteiger partial charge in [0.15, 0.2) is 0 Å². The molecule has 0 aromatic heterocycles. The predicted octanol–water partition coefficient (Wildman–Crippen LogP) is 3.79. The van der Waals surface area contributed by atoms with Crippen LogP contribution in [0.3, 0.4) is 0 Å². The Morgan fingerprint density at radius 3 is 2.56 bits per heavy atom. The molecule has 0 heterocycles. The molecular formula is C11H9ClF3N. The van der Waals surface area contributed by atoms with E-state index >= 15 is 0 Å². The van der Waals surface area contributed by atoms with Gasteiger partial charge in [-0.25, -0.2) is 0 Å². The summed E-state index contributed by atoms with van der Waals surface area (Å²) in [6, 6.07) is 2.67. The second-order valence-corrected chi connectivity index (χ2v) is 3.63. The molecule has 1 atom stereocenters. The first-order valence-corrected chi connectivity index (χ1v) is 4.82. The lowest BCUT2D eigenvalue weighted by atomic mass is 10.2. The summed E-state index contributed by atoms with van der Waals surface area (Å²) in [5.41, 5.74) is -0.578. The van der Waals surface area contributed by atoms with Crippen LogP contribution in [0.2, 0.25) is 5.02 Å². The van der Waals surface area contributed by atoms with Gasteiger partial charge in [0.1, 0.15) is 0 Å². The quantitative estimate of drug-likeness (QED) is 0.784. The number of hydrogen-bond acceptors (Lipinski definition) is 1. The molecule has 1 nitrogen and oxygen atoms in total. The van der Waals surface area contributed by atoms with Crippen LogP contribution in [0, 0.1) is 12.3 Å². The van der Waals surface area contributed by atoms with Crippen molar-refractivity contribution in [2.45, 2.75) is 19.1 Å². The van der Waals surface area contributed by atoms with E-state index in [-0.39, 0.29) is 16.8 Å². The van der Waals surface area contributed by atoms with Gasteiger partial charge in [-0.15, -0.1) is 6.42 Å². The predicted molar refractivity (Wildman–Crippen MR) is 58.4 cm³/mol. The number of halogens is 4. The van der Waals surface area contributed by atoms with E-state index in [1.807, 2.05) is 0 Å². The molecule has 0 fully saturated rings. The molecule has 0 saturated heterocycles. The van der Waals surface area contributed by atoms with Gasteiger partial charge >= 0.3 is 6.18 Å². The summed E-state index contributed by atoms with van der Waals surface area (Å²) in [6.45, 7) is 1.65. The number of terminal acetylenes is 1. The monoisotopic (exact) mass is 247 g/mol. The Bertz CT molecular complexity index is 420. The van der Waals surface area contributed by atoms with E-state index in [1.165, 1.54) is 6.07 Å². The molecule has 86 valence electrons. The van der Waals surface area contributed by atoms with Crippen molar-refractivity contribution in [1.82, 2.24) is 0 Å². The summed E-state index contributed by atoms with van der Waals surface area (Å²) in [5, 5.41) is 2.91. The summed E-state index contributed by atoms with van der Waals surface area (Å²) < 4.78 is 37.2. The van der Waals surface area contributed by atoms with Gasteiger partial charge in [-0.05, 0) is 25.1 Å². The first-order valence-electron chi connectivity index (χ1n) is 4.44. The Balaban J connectivity index is 3.05. The Morgan fingerprint density at radius 1 is 1.44 bits per heavy atom. The molecule has 1 aromatic rings. The molecule has 1 N–H and O–H groups in total. The van der Waals surface area contributed by atoms with Gasteiger partial charge in [-0.1, -0.05) is 17.5 Å². The van der Waals surface area contributed by atoms with Gasteiger partial charge < -0.3 is 5.32 Å². The van der Waals surface area contributed by atoms with Crippen molar-refractivity contribution in [3.63, 3.8) is 0 Å². The molecule has 0 spiro atoms. The maximum Gasteiger partial charge on any atom is 0.416 e. The number of anilines is 1. The zero-order chi connectivity index (χ0) is 12.3. The Labute approximate surface area is 96.6 Å². The SMILES string of the molecule is C#CC(C)Nc1cc(C(F)(F)F)ccc1Cl. The van der Waals surface area contributed by atoms with Crippen LogP contribution >= 0.6 is 11.6 Å². The fraction of sp³-hybridized carbons (Fsp3) is 0.273. The van der Waals surface area contributed by atoms with E-state index < -0.39 is 11.7 Å². The second-order valence-electron chi connectivity index (χ2n) is 3.23. The van der Waals surface area contributed by atoms with Crippen LogP contribution in [0.15, 0.2) is 18.2 Å². The van der Waals surface area contributed by atoms with Gasteiger partial charge in [-0.2, -0.15) is 13.2 Å². The normalized spacial score (nSPS) is 13.0. The summed E-state index contributed by atoms with van der Waals surface area (Å²) in [4.78, 5) is 0. The maximum atomic E-state index is 12.4. The summed E-state index contributed by atoms with van der Waals surface area (Å²) >= 11 is 5.75. The molecule has 0 bridgehead atoms. The van der Waals surface area contributed by atoms with E-state index in [2.05, 4.69) is 11.2 Å². The molecule has 1 unspecified atom stereocenters. The molecular weight excluding hydrogens is 239 g/mol. The van der Waals surface area contributed by atoms with Crippen molar-refractivity contribution in [1.29, 1.82) is 0 Å². The van der Waals surface area contributed by atoms with E-state index in [0.717, 1.165) is 12.1 Å². The molecule has 16 heavy (non-hydrogen) atoms. The van der Waals surface area contributed by atoms with E-state index in [1.54, 1.807) is 6.92 Å². The molecule has 0 aliphatic heterocycles. The number of alkyl halides is 3. The summed E-state index contributed by atoms with van der Waals surface area (Å²) in [5.74, 6) is 2.35. The second kappa shape index (κ2) is 4.67. The van der Waals surface area contributed by atoms with Crippen LogP contribution in [-0.2, 0) is 6.18 Å². The molecule has 0 saturated carbocycles. The van der Waals surface area contributed by atoms with Crippen LogP contribution in [-0.4, -0.2) is 6.04 Å². The highest BCUT2D eigenvalue weighted by Crippen LogP contribution is 2.33. The fourth-order valence-corrected chi connectivity index (χ4v) is 1.26. The van der Waals surface area contributed by atoms with E-state index in [9.17, 15) is 13.2 Å². The number of hydrogen-bond donors (Lipinski definition) is 1. The molecule has 0 amide bonds. The third-order valence-corrected chi connectivity index (χ3v) is 2.25. The highest BCUT2D eigenvalue weighted by molar-refractivity contribution is 6.33. The topological polar surface area (TPSA) is 12.0 Å². The summed E-state index contributed by atoms with van der Waals surface area (Å²) in [6.07, 6.45) is 0.727. The lowest BCUT2D eigenvalue weighted by molar-refractivity contribution is -0.137. The van der Waals surface area contributed by atoms with Crippen LogP contribution in [0.25, 0.3) is 0 Å². The van der Waals surface area contributed by atoms with E-state index in [4.69, 9.17) is 18.0 Å². The Morgan fingerprint density at radius 2 is 2.06 bits per heavy atom. The molecule has 5 heteroatoms. The van der Waals surface area contributed by atoms with Crippen molar-refractivity contribution in [2.75, 3.05) is 5.32 Å². The maximum absolute atomic E-state index is 12.4. The highest BCUT2D eigenvalue weighted by Gasteiger charge is 2.30. The lowest BCUT2D eigenvalue weighted by Crippen LogP contribution is -2.13. The van der Waals surface area contributed by atoms with Gasteiger partial charge in [0, 0.05) is 0 Å². The van der Waals surface area contributed by atoms with Crippen molar-refractivity contribution in [3.8, 4) is 12.3 Å². The van der Waals surface area contributed by atoms with Crippen molar-refractivity contribution >= 4 is 17.3 Å². The first kappa shape index (κ1) is 12.7. The van der Waals surface area contributed by atoms with Crippen LogP contribution in [0.1, 0.15) is 12.5 Å². The zero-order valence-corrected chi connectivity index (χ0v) is 9.15. The molecule has 0 radical (unpaired) electrons. The third-order valence-electron chi connectivity index (χ3n) is 1.92. The lowest BCUT2D eigenvalue weighted by Gasteiger charge is -2.14. The minimum atomic E-state index is -4.39. The molecule has 0 aliphatic rings. The fourth-order valence-electron chi connectivity index (χ4n) is 1.09. The first-order chi connectivity index (χ1) is 7.34. The third kappa shape index (κ3) is 3.07. The van der Waals surface area contributed by atoms with Crippen molar-refractivity contribution in [3.05, 3.63) is 28.8 Å². The van der Waals surface area contributed by atoms with Gasteiger partial charge in [-0.3, -0.25) is 0 Å². The number of nitrogens with one attached hydrogen (secondary N) is 1. The molecule has 1 rings (SSSR count).